The van der Waals surface area contributed by atoms with Gasteiger partial charge in [-0.3, -0.25) is 9.69 Å². The molecule has 3 aromatic rings. The van der Waals surface area contributed by atoms with Gasteiger partial charge in [0.2, 0.25) is 5.89 Å². The molecule has 0 N–H and O–H groups in total. The molecule has 8 nitrogen and oxygen atoms in total. The molecule has 1 fully saturated rings. The van der Waals surface area contributed by atoms with Crippen molar-refractivity contribution in [3.63, 3.8) is 0 Å². The van der Waals surface area contributed by atoms with E-state index < -0.39 is 47.9 Å². The second-order valence-corrected chi connectivity index (χ2v) is 9.41. The molecule has 2 unspecified atom stereocenters. The third kappa shape index (κ3) is 5.73. The van der Waals surface area contributed by atoms with Crippen molar-refractivity contribution < 1.29 is 36.3 Å². The van der Waals surface area contributed by atoms with Gasteiger partial charge < -0.3 is 14.1 Å². The average Bonchev–Trinajstić information content (AvgIpc) is 3.32. The lowest BCUT2D eigenvalue weighted by molar-refractivity contribution is -0.133. The minimum absolute atomic E-state index is 0.0492. The molecule has 1 saturated heterocycles. The minimum atomic E-state index is -2.97. The van der Waals surface area contributed by atoms with E-state index in [2.05, 4.69) is 10.2 Å². The van der Waals surface area contributed by atoms with Gasteiger partial charge in [0.25, 0.3) is 11.8 Å². The van der Waals surface area contributed by atoms with E-state index in [1.54, 1.807) is 51.1 Å². The van der Waals surface area contributed by atoms with Crippen molar-refractivity contribution in [2.45, 2.75) is 51.6 Å². The van der Waals surface area contributed by atoms with Crippen LogP contribution in [0.4, 0.5) is 28.0 Å². The van der Waals surface area contributed by atoms with E-state index in [1.807, 2.05) is 0 Å². The van der Waals surface area contributed by atoms with E-state index in [9.17, 15) is 22.8 Å². The molecule has 2 aromatic carbocycles. The molecule has 12 heteroatoms. The number of halogens is 4. The highest BCUT2D eigenvalue weighted by atomic mass is 19.3. The molecule has 1 aliphatic rings. The zero-order chi connectivity index (χ0) is 26.9. The fourth-order valence-electron chi connectivity index (χ4n) is 3.74. The number of amides is 2. The highest BCUT2D eigenvalue weighted by Gasteiger charge is 2.50. The van der Waals surface area contributed by atoms with E-state index in [-0.39, 0.29) is 30.1 Å². The summed E-state index contributed by atoms with van der Waals surface area (Å²) in [6.45, 7) is 4.35. The quantitative estimate of drug-likeness (QED) is 0.410. The van der Waals surface area contributed by atoms with Gasteiger partial charge in [-0.05, 0) is 45.0 Å². The first-order valence-electron chi connectivity index (χ1n) is 11.3. The number of hydrogen-bond acceptors (Lipinski definition) is 6. The number of likely N-dealkylation sites (tertiary alicyclic amines) is 1. The number of nitrogens with zero attached hydrogens (tertiary/aromatic N) is 4. The molecule has 0 bridgehead atoms. The van der Waals surface area contributed by atoms with Crippen molar-refractivity contribution in [2.75, 3.05) is 11.4 Å². The Hall–Kier alpha value is -3.96. The summed E-state index contributed by atoms with van der Waals surface area (Å²) in [4.78, 5) is 28.2. The second kappa shape index (κ2) is 10.2. The Kier molecular flexibility index (Phi) is 7.19. The van der Waals surface area contributed by atoms with Gasteiger partial charge in [-0.15, -0.1) is 10.2 Å². The largest absolute Gasteiger partial charge is 0.444 e. The lowest BCUT2D eigenvalue weighted by Gasteiger charge is -2.44. The Morgan fingerprint density at radius 3 is 2.43 bits per heavy atom. The molecule has 37 heavy (non-hydrogen) atoms. The van der Waals surface area contributed by atoms with Gasteiger partial charge in [0.05, 0.1) is 13.1 Å². The predicted octanol–water partition coefficient (Wildman–Crippen LogP) is 5.30. The molecule has 2 atom stereocenters. The van der Waals surface area contributed by atoms with Crippen LogP contribution in [0.1, 0.15) is 38.7 Å². The Morgan fingerprint density at radius 1 is 1.16 bits per heavy atom. The van der Waals surface area contributed by atoms with E-state index in [0.717, 1.165) is 11.0 Å². The first kappa shape index (κ1) is 26.1. The van der Waals surface area contributed by atoms with Crippen molar-refractivity contribution in [3.05, 3.63) is 65.8 Å². The number of alkyl halides is 3. The van der Waals surface area contributed by atoms with Crippen LogP contribution in [0.5, 0.6) is 0 Å². The highest BCUT2D eigenvalue weighted by molar-refractivity contribution is 6.00. The van der Waals surface area contributed by atoms with E-state index in [4.69, 9.17) is 9.15 Å². The van der Waals surface area contributed by atoms with Gasteiger partial charge in [0, 0.05) is 16.8 Å². The summed E-state index contributed by atoms with van der Waals surface area (Å²) in [6, 6.07) is 10.5. The van der Waals surface area contributed by atoms with Crippen LogP contribution in [0.2, 0.25) is 0 Å². The molecule has 0 aliphatic carbocycles. The van der Waals surface area contributed by atoms with Gasteiger partial charge in [-0.1, -0.05) is 24.3 Å². The van der Waals surface area contributed by atoms with Crippen LogP contribution in [0.3, 0.4) is 0 Å². The van der Waals surface area contributed by atoms with Crippen molar-refractivity contribution >= 4 is 17.7 Å². The molecule has 1 aromatic heterocycles. The molecular weight excluding hydrogens is 496 g/mol. The van der Waals surface area contributed by atoms with Crippen LogP contribution in [-0.4, -0.2) is 51.5 Å². The molecule has 2 amide bonds. The monoisotopic (exact) mass is 520 g/mol. The third-order valence-corrected chi connectivity index (χ3v) is 5.52. The summed E-state index contributed by atoms with van der Waals surface area (Å²) in [5.74, 6) is -2.72. The summed E-state index contributed by atoms with van der Waals surface area (Å²) in [5.41, 5.74) is -0.368. The van der Waals surface area contributed by atoms with Crippen LogP contribution in [0, 0.1) is 5.82 Å². The van der Waals surface area contributed by atoms with Crippen LogP contribution < -0.4 is 4.90 Å². The zero-order valence-electron chi connectivity index (χ0n) is 20.2. The Balaban J connectivity index is 1.60. The first-order valence-corrected chi connectivity index (χ1v) is 11.3. The minimum Gasteiger partial charge on any atom is -0.444 e. The summed E-state index contributed by atoms with van der Waals surface area (Å²) in [7, 11) is 0. The SMILES string of the molecule is CC(C)(C)OC(=O)N1CC(F)C1C(=O)N(Cc1ccc(-c2nnc(C(F)F)o2)cc1F)c1ccccc1. The maximum Gasteiger partial charge on any atom is 0.411 e. The number of hydrogen-bond donors (Lipinski definition) is 0. The van der Waals surface area contributed by atoms with Crippen LogP contribution in [0.15, 0.2) is 52.9 Å². The van der Waals surface area contributed by atoms with Gasteiger partial charge in [-0.25, -0.2) is 13.6 Å². The number of para-hydroxylation sites is 1. The van der Waals surface area contributed by atoms with Gasteiger partial charge in [0.1, 0.15) is 23.6 Å². The zero-order valence-corrected chi connectivity index (χ0v) is 20.2. The normalized spacial score (nSPS) is 17.5. The lowest BCUT2D eigenvalue weighted by Crippen LogP contribution is -2.67. The number of benzene rings is 2. The fourth-order valence-corrected chi connectivity index (χ4v) is 3.74. The summed E-state index contributed by atoms with van der Waals surface area (Å²) in [6.07, 6.45) is -5.42. The van der Waals surface area contributed by atoms with Crippen molar-refractivity contribution in [1.82, 2.24) is 15.1 Å². The predicted molar refractivity (Wildman–Crippen MR) is 124 cm³/mol. The molecule has 0 spiro atoms. The lowest BCUT2D eigenvalue weighted by atomic mass is 9.99. The Bertz CT molecular complexity index is 1280. The maximum absolute atomic E-state index is 15.1. The highest BCUT2D eigenvalue weighted by Crippen LogP contribution is 2.30. The summed E-state index contributed by atoms with van der Waals surface area (Å²) >= 11 is 0. The van der Waals surface area contributed by atoms with Gasteiger partial charge >= 0.3 is 12.5 Å². The number of ether oxygens (including phenoxy) is 1. The van der Waals surface area contributed by atoms with Crippen LogP contribution in [-0.2, 0) is 16.1 Å². The fraction of sp³-hybridized carbons (Fsp3) is 0.360. The first-order chi connectivity index (χ1) is 17.4. The molecular formula is C25H24F4N4O4. The summed E-state index contributed by atoms with van der Waals surface area (Å²) < 4.78 is 65.3. The van der Waals surface area contributed by atoms with Crippen molar-refractivity contribution in [3.8, 4) is 11.5 Å². The molecule has 196 valence electrons. The number of aromatic nitrogens is 2. The smallest absolute Gasteiger partial charge is 0.411 e. The number of anilines is 1. The number of carbonyl (C=O) groups is 2. The second-order valence-electron chi connectivity index (χ2n) is 9.41. The Labute approximate surface area is 209 Å². The van der Waals surface area contributed by atoms with Crippen molar-refractivity contribution in [1.29, 1.82) is 0 Å². The van der Waals surface area contributed by atoms with E-state index >= 15 is 4.39 Å². The topological polar surface area (TPSA) is 88.8 Å². The van der Waals surface area contributed by atoms with Crippen molar-refractivity contribution in [2.24, 2.45) is 0 Å². The Morgan fingerprint density at radius 2 is 1.86 bits per heavy atom. The maximum atomic E-state index is 15.1. The van der Waals surface area contributed by atoms with E-state index in [1.165, 1.54) is 17.0 Å². The molecule has 2 heterocycles. The molecule has 0 radical (unpaired) electrons. The number of rotatable bonds is 6. The molecule has 1 aliphatic heterocycles. The standard InChI is InChI=1S/C25H24F4N4O4/c1-25(2,3)37-24(35)33-13-18(27)19(33)23(34)32(16-7-5-4-6-8-16)12-15-10-9-14(11-17(15)26)21-30-31-22(36-21)20(28)29/h4-11,18-20H,12-13H2,1-3H3. The van der Waals surface area contributed by atoms with Crippen LogP contribution in [0.25, 0.3) is 11.5 Å². The average molecular weight is 520 g/mol. The van der Waals surface area contributed by atoms with Crippen LogP contribution >= 0.6 is 0 Å². The summed E-state index contributed by atoms with van der Waals surface area (Å²) in [5, 5.41) is 6.72. The molecule has 4 rings (SSSR count). The molecule has 0 saturated carbocycles. The number of carbonyl (C=O) groups excluding carboxylic acids is 2. The third-order valence-electron chi connectivity index (χ3n) is 5.52. The van der Waals surface area contributed by atoms with Gasteiger partial charge in [-0.2, -0.15) is 8.78 Å². The van der Waals surface area contributed by atoms with Gasteiger partial charge in [0.15, 0.2) is 0 Å². The van der Waals surface area contributed by atoms with E-state index in [0.29, 0.717) is 5.69 Å².